The van der Waals surface area contributed by atoms with E-state index in [1.54, 1.807) is 10.9 Å². The third-order valence-electron chi connectivity index (χ3n) is 5.56. The zero-order chi connectivity index (χ0) is 21.3. The summed E-state index contributed by atoms with van der Waals surface area (Å²) < 4.78 is 1.68. The summed E-state index contributed by atoms with van der Waals surface area (Å²) in [6.07, 6.45) is 5.47. The maximum absolute atomic E-state index is 12.6. The van der Waals surface area contributed by atoms with Crippen molar-refractivity contribution in [2.75, 3.05) is 50.1 Å². The average molecular weight is 408 g/mol. The van der Waals surface area contributed by atoms with E-state index in [2.05, 4.69) is 24.8 Å². The second kappa shape index (κ2) is 8.39. The monoisotopic (exact) mass is 407 g/mol. The molecule has 30 heavy (non-hydrogen) atoms. The van der Waals surface area contributed by atoms with E-state index in [1.165, 1.54) is 0 Å². The van der Waals surface area contributed by atoms with Gasteiger partial charge in [0.1, 0.15) is 0 Å². The zero-order valence-corrected chi connectivity index (χ0v) is 18.1. The first kappa shape index (κ1) is 20.3. The van der Waals surface area contributed by atoms with Crippen LogP contribution in [-0.4, -0.2) is 64.7 Å². The van der Waals surface area contributed by atoms with Gasteiger partial charge in [-0.2, -0.15) is 0 Å². The molecule has 0 bridgehead atoms. The summed E-state index contributed by atoms with van der Waals surface area (Å²) in [7, 11) is 3.88. The molecule has 0 spiro atoms. The third-order valence-corrected chi connectivity index (χ3v) is 5.56. The van der Waals surface area contributed by atoms with E-state index in [0.29, 0.717) is 5.39 Å². The molecule has 8 nitrogen and oxygen atoms in total. The minimum Gasteiger partial charge on any atom is -0.369 e. The van der Waals surface area contributed by atoms with Gasteiger partial charge in [0.2, 0.25) is 5.95 Å². The van der Waals surface area contributed by atoms with Crippen LogP contribution in [0.3, 0.4) is 0 Å². The molecule has 0 saturated carbocycles. The molecule has 0 unspecified atom stereocenters. The number of benzene rings is 1. The quantitative estimate of drug-likeness (QED) is 0.642. The molecule has 3 heterocycles. The van der Waals surface area contributed by atoms with Crippen molar-refractivity contribution in [1.82, 2.24) is 24.4 Å². The molecule has 0 atom stereocenters. The Morgan fingerprint density at radius 1 is 1.03 bits per heavy atom. The molecule has 0 aliphatic carbocycles. The maximum atomic E-state index is 12.6. The first-order valence-corrected chi connectivity index (χ1v) is 10.4. The Bertz CT molecular complexity index is 1070. The van der Waals surface area contributed by atoms with Gasteiger partial charge in [-0.1, -0.05) is 0 Å². The Balaban J connectivity index is 1.41. The number of rotatable bonds is 5. The van der Waals surface area contributed by atoms with Crippen LogP contribution < -0.4 is 15.4 Å². The summed E-state index contributed by atoms with van der Waals surface area (Å²) in [5, 5.41) is 0.676. The van der Waals surface area contributed by atoms with E-state index in [9.17, 15) is 4.79 Å². The van der Waals surface area contributed by atoms with Crippen molar-refractivity contribution in [2.24, 2.45) is 0 Å². The van der Waals surface area contributed by atoms with Crippen molar-refractivity contribution in [1.29, 1.82) is 0 Å². The van der Waals surface area contributed by atoms with Crippen LogP contribution >= 0.6 is 0 Å². The summed E-state index contributed by atoms with van der Waals surface area (Å²) in [5.74, 6) is 0.730. The minimum absolute atomic E-state index is 0.0221. The van der Waals surface area contributed by atoms with Gasteiger partial charge in [-0.3, -0.25) is 14.3 Å². The topological polar surface area (TPSA) is 70.4 Å². The van der Waals surface area contributed by atoms with Crippen LogP contribution in [-0.2, 0) is 6.54 Å². The molecule has 3 aromatic rings. The number of hydrogen-bond donors (Lipinski definition) is 0. The number of anilines is 2. The van der Waals surface area contributed by atoms with Crippen LogP contribution in [0.2, 0.25) is 0 Å². The Hall–Kier alpha value is -3.00. The van der Waals surface area contributed by atoms with Crippen LogP contribution in [0.15, 0.2) is 41.7 Å². The van der Waals surface area contributed by atoms with E-state index >= 15 is 0 Å². The largest absolute Gasteiger partial charge is 0.369 e. The van der Waals surface area contributed by atoms with Gasteiger partial charge in [0.05, 0.1) is 17.2 Å². The molecule has 1 aliphatic rings. The van der Waals surface area contributed by atoms with Gasteiger partial charge in [0.25, 0.3) is 5.56 Å². The molecule has 4 rings (SSSR count). The second-order valence-electron chi connectivity index (χ2n) is 8.30. The standard InChI is InChI=1S/C22H29N7O/c1-16(2)29-15-25-20-11-18(5-6-19(20)21(29)30)28-9-7-27(8-10-28)14-17-12-23-22(24-13-17)26(3)4/h5-6,11-13,15-16H,7-10,14H2,1-4H3. The first-order chi connectivity index (χ1) is 14.4. The summed E-state index contributed by atoms with van der Waals surface area (Å²) in [6.45, 7) is 8.65. The molecule has 1 aromatic carbocycles. The number of aromatic nitrogens is 4. The lowest BCUT2D eigenvalue weighted by Gasteiger charge is -2.36. The second-order valence-corrected chi connectivity index (χ2v) is 8.30. The van der Waals surface area contributed by atoms with Gasteiger partial charge in [0.15, 0.2) is 0 Å². The summed E-state index contributed by atoms with van der Waals surface area (Å²) in [4.78, 5) is 32.6. The lowest BCUT2D eigenvalue weighted by molar-refractivity contribution is 0.249. The Kier molecular flexibility index (Phi) is 5.67. The van der Waals surface area contributed by atoms with E-state index in [1.807, 2.05) is 63.4 Å². The minimum atomic E-state index is 0.0221. The first-order valence-electron chi connectivity index (χ1n) is 10.4. The van der Waals surface area contributed by atoms with Crippen molar-refractivity contribution in [3.05, 3.63) is 52.8 Å². The maximum Gasteiger partial charge on any atom is 0.261 e. The Morgan fingerprint density at radius 3 is 2.37 bits per heavy atom. The predicted octanol–water partition coefficient (Wildman–Crippen LogP) is 2.16. The lowest BCUT2D eigenvalue weighted by atomic mass is 10.2. The van der Waals surface area contributed by atoms with E-state index < -0.39 is 0 Å². The highest BCUT2D eigenvalue weighted by molar-refractivity contribution is 5.81. The summed E-state index contributed by atoms with van der Waals surface area (Å²) >= 11 is 0. The zero-order valence-electron chi connectivity index (χ0n) is 18.1. The van der Waals surface area contributed by atoms with Gasteiger partial charge in [-0.25, -0.2) is 15.0 Å². The van der Waals surface area contributed by atoms with E-state index in [4.69, 9.17) is 0 Å². The van der Waals surface area contributed by atoms with Crippen LogP contribution in [0.5, 0.6) is 0 Å². The Labute approximate surface area is 176 Å². The average Bonchev–Trinajstić information content (AvgIpc) is 2.74. The van der Waals surface area contributed by atoms with Crippen LogP contribution in [0.4, 0.5) is 11.6 Å². The van der Waals surface area contributed by atoms with Gasteiger partial charge in [0, 0.05) is 76.5 Å². The number of fused-ring (bicyclic) bond motifs is 1. The highest BCUT2D eigenvalue weighted by Crippen LogP contribution is 2.21. The fourth-order valence-electron chi connectivity index (χ4n) is 3.77. The SMILES string of the molecule is CC(C)n1cnc2cc(N3CCN(Cc4cnc(N(C)C)nc4)CC3)ccc2c1=O. The van der Waals surface area contributed by atoms with Crippen LogP contribution in [0.1, 0.15) is 25.5 Å². The molecule has 1 saturated heterocycles. The number of nitrogens with zero attached hydrogens (tertiary/aromatic N) is 7. The fraction of sp³-hybridized carbons (Fsp3) is 0.455. The van der Waals surface area contributed by atoms with Crippen LogP contribution in [0.25, 0.3) is 10.9 Å². The molecule has 0 amide bonds. The van der Waals surface area contributed by atoms with Crippen molar-refractivity contribution < 1.29 is 0 Å². The van der Waals surface area contributed by atoms with E-state index in [-0.39, 0.29) is 11.6 Å². The normalized spacial score (nSPS) is 15.2. The van der Waals surface area contributed by atoms with Crippen molar-refractivity contribution >= 4 is 22.5 Å². The fourth-order valence-corrected chi connectivity index (χ4v) is 3.77. The third kappa shape index (κ3) is 4.14. The van der Waals surface area contributed by atoms with Crippen molar-refractivity contribution in [3.8, 4) is 0 Å². The molecular weight excluding hydrogens is 378 g/mol. The molecule has 8 heteroatoms. The molecule has 1 fully saturated rings. The lowest BCUT2D eigenvalue weighted by Crippen LogP contribution is -2.46. The van der Waals surface area contributed by atoms with Gasteiger partial charge in [-0.05, 0) is 32.0 Å². The highest BCUT2D eigenvalue weighted by atomic mass is 16.1. The van der Waals surface area contributed by atoms with Gasteiger partial charge in [-0.15, -0.1) is 0 Å². The molecule has 2 aromatic heterocycles. The number of hydrogen-bond acceptors (Lipinski definition) is 7. The van der Waals surface area contributed by atoms with E-state index in [0.717, 1.165) is 55.4 Å². The smallest absolute Gasteiger partial charge is 0.261 e. The molecular formula is C22H29N7O. The molecule has 1 aliphatic heterocycles. The predicted molar refractivity (Wildman–Crippen MR) is 120 cm³/mol. The van der Waals surface area contributed by atoms with Crippen molar-refractivity contribution in [2.45, 2.75) is 26.4 Å². The summed E-state index contributed by atoms with van der Waals surface area (Å²) in [5.41, 5.74) is 3.03. The van der Waals surface area contributed by atoms with Gasteiger partial charge >= 0.3 is 0 Å². The Morgan fingerprint density at radius 2 is 1.73 bits per heavy atom. The molecule has 0 N–H and O–H groups in total. The molecule has 158 valence electrons. The van der Waals surface area contributed by atoms with Gasteiger partial charge < -0.3 is 9.80 Å². The summed E-state index contributed by atoms with van der Waals surface area (Å²) in [6, 6.07) is 6.09. The highest BCUT2D eigenvalue weighted by Gasteiger charge is 2.18. The van der Waals surface area contributed by atoms with Crippen LogP contribution in [0, 0.1) is 0 Å². The van der Waals surface area contributed by atoms with Crippen molar-refractivity contribution in [3.63, 3.8) is 0 Å². The molecule has 0 radical (unpaired) electrons. The number of piperazine rings is 1.